The van der Waals surface area contributed by atoms with Crippen LogP contribution in [0.25, 0.3) is 10.2 Å². The second-order valence-corrected chi connectivity index (χ2v) is 9.57. The lowest BCUT2D eigenvalue weighted by Gasteiger charge is -2.17. The van der Waals surface area contributed by atoms with Crippen molar-refractivity contribution in [1.82, 2.24) is 15.0 Å². The first kappa shape index (κ1) is 22.0. The highest BCUT2D eigenvalue weighted by Crippen LogP contribution is 2.35. The summed E-state index contributed by atoms with van der Waals surface area (Å²) in [4.78, 5) is 32.0. The van der Waals surface area contributed by atoms with E-state index in [0.717, 1.165) is 41.0 Å². The summed E-state index contributed by atoms with van der Waals surface area (Å²) in [5.74, 6) is 1.63. The third-order valence-electron chi connectivity index (χ3n) is 5.84. The van der Waals surface area contributed by atoms with Crippen LogP contribution in [0.3, 0.4) is 0 Å². The molecule has 0 saturated heterocycles. The lowest BCUT2D eigenvalue weighted by molar-refractivity contribution is -0.121. The molecule has 0 radical (unpaired) electrons. The number of hydrogen-bond acceptors (Lipinski definition) is 6. The van der Waals surface area contributed by atoms with Crippen LogP contribution in [0.1, 0.15) is 29.3 Å². The van der Waals surface area contributed by atoms with Crippen LogP contribution in [0.4, 0.5) is 0 Å². The van der Waals surface area contributed by atoms with Crippen LogP contribution in [-0.2, 0) is 24.2 Å². The van der Waals surface area contributed by atoms with Crippen LogP contribution in [-0.4, -0.2) is 21.7 Å². The Balaban J connectivity index is 1.25. The number of nitrogens with one attached hydrogen (secondary N) is 1. The van der Waals surface area contributed by atoms with Gasteiger partial charge in [0.25, 0.3) is 11.5 Å². The molecule has 8 heteroatoms. The molecule has 4 aromatic rings. The first-order valence-electron chi connectivity index (χ1n) is 11.2. The average Bonchev–Trinajstić information content (AvgIpc) is 3.20. The summed E-state index contributed by atoms with van der Waals surface area (Å²) >= 11 is 1.60. The number of hydrogen-bond donors (Lipinski definition) is 1. The molecule has 2 aromatic heterocycles. The van der Waals surface area contributed by atoms with Gasteiger partial charge < -0.3 is 4.74 Å². The number of rotatable bonds is 6. The van der Waals surface area contributed by atoms with Gasteiger partial charge in [0.1, 0.15) is 22.9 Å². The van der Waals surface area contributed by atoms with Crippen molar-refractivity contribution in [3.63, 3.8) is 0 Å². The fraction of sp³-hybridized carbons (Fsp3) is 0.231. The first-order valence-corrected chi connectivity index (χ1v) is 12.0. The van der Waals surface area contributed by atoms with Crippen molar-refractivity contribution < 1.29 is 9.53 Å². The summed E-state index contributed by atoms with van der Waals surface area (Å²) in [6.45, 7) is 2.09. The van der Waals surface area contributed by atoms with Crippen molar-refractivity contribution in [2.75, 3.05) is 0 Å². The van der Waals surface area contributed by atoms with Crippen molar-refractivity contribution >= 4 is 33.7 Å². The molecule has 1 amide bonds. The predicted molar refractivity (Wildman–Crippen MR) is 134 cm³/mol. The van der Waals surface area contributed by atoms with E-state index in [-0.39, 0.29) is 12.1 Å². The zero-order valence-corrected chi connectivity index (χ0v) is 19.5. The molecular weight excluding hydrogens is 448 g/mol. The molecule has 0 fully saturated rings. The molecule has 5 rings (SSSR count). The fourth-order valence-corrected chi connectivity index (χ4v) is 5.47. The molecule has 0 aliphatic heterocycles. The number of nitrogens with zero attached hydrogens (tertiary/aromatic N) is 3. The number of thiophene rings is 1. The zero-order chi connectivity index (χ0) is 23.5. The van der Waals surface area contributed by atoms with Gasteiger partial charge in [-0.05, 0) is 60.6 Å². The van der Waals surface area contributed by atoms with Crippen molar-refractivity contribution in [3.8, 4) is 11.5 Å². The van der Waals surface area contributed by atoms with E-state index in [1.54, 1.807) is 11.3 Å². The minimum atomic E-state index is -0.395. The van der Waals surface area contributed by atoms with Gasteiger partial charge in [-0.2, -0.15) is 5.10 Å². The maximum atomic E-state index is 13.1. The third-order valence-corrected chi connectivity index (χ3v) is 7.00. The van der Waals surface area contributed by atoms with E-state index in [1.165, 1.54) is 22.0 Å². The highest BCUT2D eigenvalue weighted by molar-refractivity contribution is 7.18. The number of ether oxygens (including phenoxy) is 1. The van der Waals surface area contributed by atoms with Crippen LogP contribution in [0.15, 0.2) is 70.8 Å². The minimum absolute atomic E-state index is 0.142. The van der Waals surface area contributed by atoms with Gasteiger partial charge in [0.15, 0.2) is 0 Å². The number of amides is 1. The Morgan fingerprint density at radius 3 is 2.91 bits per heavy atom. The van der Waals surface area contributed by atoms with Crippen molar-refractivity contribution in [2.45, 2.75) is 32.7 Å². The zero-order valence-electron chi connectivity index (χ0n) is 18.7. The van der Waals surface area contributed by atoms with E-state index >= 15 is 0 Å². The number of fused-ring (bicyclic) bond motifs is 3. The summed E-state index contributed by atoms with van der Waals surface area (Å²) in [6, 6.07) is 16.9. The second kappa shape index (κ2) is 9.61. The summed E-state index contributed by atoms with van der Waals surface area (Å²) < 4.78 is 7.17. The lowest BCUT2D eigenvalue weighted by atomic mass is 9.89. The Hall–Kier alpha value is -3.78. The number of aryl methyl sites for hydroxylation is 1. The Labute approximate surface area is 200 Å². The largest absolute Gasteiger partial charge is 0.457 e. The van der Waals surface area contributed by atoms with E-state index in [4.69, 9.17) is 4.74 Å². The maximum Gasteiger partial charge on any atom is 0.262 e. The molecule has 34 heavy (non-hydrogen) atoms. The number of carbonyl (C=O) groups excluding carboxylic acids is 1. The number of aromatic nitrogens is 2. The van der Waals surface area contributed by atoms with Crippen molar-refractivity contribution in [3.05, 3.63) is 87.3 Å². The van der Waals surface area contributed by atoms with E-state index < -0.39 is 5.91 Å². The molecule has 1 unspecified atom stereocenters. The van der Waals surface area contributed by atoms with Crippen LogP contribution in [0, 0.1) is 5.92 Å². The normalized spacial score (nSPS) is 15.4. The van der Waals surface area contributed by atoms with Gasteiger partial charge in [-0.3, -0.25) is 14.2 Å². The monoisotopic (exact) mass is 472 g/mol. The second-order valence-electron chi connectivity index (χ2n) is 8.49. The Bertz CT molecular complexity index is 1430. The SMILES string of the molecule is CC1CCc2c(sc3ncn(CC(=O)N/N=C/c4cccc(Oc5ccccc5)c4)c(=O)c23)C1. The smallest absolute Gasteiger partial charge is 0.262 e. The molecule has 1 aliphatic rings. The van der Waals surface area contributed by atoms with Gasteiger partial charge in [-0.1, -0.05) is 37.3 Å². The van der Waals surface area contributed by atoms with Gasteiger partial charge >= 0.3 is 0 Å². The number of para-hydroxylation sites is 1. The molecule has 0 spiro atoms. The van der Waals surface area contributed by atoms with Crippen LogP contribution in [0.5, 0.6) is 11.5 Å². The van der Waals surface area contributed by atoms with Crippen molar-refractivity contribution in [2.24, 2.45) is 11.0 Å². The Kier molecular flexibility index (Phi) is 6.22. The number of benzene rings is 2. The summed E-state index contributed by atoms with van der Waals surface area (Å²) in [5.41, 5.74) is 4.21. The first-order chi connectivity index (χ1) is 16.6. The molecule has 7 nitrogen and oxygen atoms in total. The topological polar surface area (TPSA) is 85.6 Å². The summed E-state index contributed by atoms with van der Waals surface area (Å²) in [7, 11) is 0. The van der Waals surface area contributed by atoms with E-state index in [2.05, 4.69) is 22.4 Å². The quantitative estimate of drug-likeness (QED) is 0.330. The minimum Gasteiger partial charge on any atom is -0.457 e. The highest BCUT2D eigenvalue weighted by atomic mass is 32.1. The number of hydrazone groups is 1. The van der Waals surface area contributed by atoms with Crippen LogP contribution >= 0.6 is 11.3 Å². The molecule has 0 bridgehead atoms. The van der Waals surface area contributed by atoms with Gasteiger partial charge in [-0.15, -0.1) is 11.3 Å². The summed E-state index contributed by atoms with van der Waals surface area (Å²) in [6.07, 6.45) is 5.93. The van der Waals surface area contributed by atoms with E-state index in [0.29, 0.717) is 17.1 Å². The average molecular weight is 473 g/mol. The standard InChI is InChI=1S/C26H24N4O3S/c1-17-10-11-21-22(12-17)34-25-24(21)26(32)30(16-27-25)15-23(31)29-28-14-18-6-5-9-20(13-18)33-19-7-3-2-4-8-19/h2-9,13-14,16-17H,10-12,15H2,1H3,(H,29,31)/b28-14+. The third kappa shape index (κ3) is 4.77. The van der Waals surface area contributed by atoms with Crippen LogP contribution < -0.4 is 15.7 Å². The molecule has 172 valence electrons. The fourth-order valence-electron chi connectivity index (χ4n) is 4.13. The van der Waals surface area contributed by atoms with Gasteiger partial charge in [0.2, 0.25) is 0 Å². The molecule has 2 aromatic carbocycles. The van der Waals surface area contributed by atoms with Gasteiger partial charge in [-0.25, -0.2) is 10.4 Å². The van der Waals surface area contributed by atoms with Crippen LogP contribution in [0.2, 0.25) is 0 Å². The van der Waals surface area contributed by atoms with Gasteiger partial charge in [0, 0.05) is 4.88 Å². The molecular formula is C26H24N4O3S. The molecule has 1 aliphatic carbocycles. The lowest BCUT2D eigenvalue weighted by Crippen LogP contribution is -2.30. The highest BCUT2D eigenvalue weighted by Gasteiger charge is 2.23. The van der Waals surface area contributed by atoms with Gasteiger partial charge in [0.05, 0.1) is 17.9 Å². The van der Waals surface area contributed by atoms with E-state index in [1.807, 2.05) is 54.6 Å². The predicted octanol–water partition coefficient (Wildman–Crippen LogP) is 4.53. The molecule has 1 N–H and O–H groups in total. The Morgan fingerprint density at radius 1 is 1.24 bits per heavy atom. The molecule has 0 saturated carbocycles. The van der Waals surface area contributed by atoms with Crippen molar-refractivity contribution in [1.29, 1.82) is 0 Å². The summed E-state index contributed by atoms with van der Waals surface area (Å²) in [5, 5.41) is 4.70. The molecule has 2 heterocycles. The maximum absolute atomic E-state index is 13.1. The Morgan fingerprint density at radius 2 is 2.06 bits per heavy atom. The van der Waals surface area contributed by atoms with E-state index in [9.17, 15) is 9.59 Å². The molecule has 1 atom stereocenters. The number of carbonyl (C=O) groups is 1.